The van der Waals surface area contributed by atoms with Gasteiger partial charge in [0.1, 0.15) is 11.5 Å². The molecule has 0 aliphatic rings. The Morgan fingerprint density at radius 3 is 2.50 bits per heavy atom. The molecular formula is C17H17N3O6. The highest BCUT2D eigenvalue weighted by Crippen LogP contribution is 2.21. The first-order chi connectivity index (χ1) is 12.4. The van der Waals surface area contributed by atoms with Crippen LogP contribution in [0.2, 0.25) is 0 Å². The maximum Gasteiger partial charge on any atom is 0.276 e. The number of hydrazine groups is 1. The average molecular weight is 359 g/mol. The van der Waals surface area contributed by atoms with Crippen LogP contribution in [0.25, 0.3) is 0 Å². The van der Waals surface area contributed by atoms with Gasteiger partial charge in [-0.25, -0.2) is 0 Å². The number of nitro benzene ring substituents is 1. The number of nitrogens with zero attached hydrogens (tertiary/aromatic N) is 1. The maximum absolute atomic E-state index is 12.1. The van der Waals surface area contributed by atoms with Crippen molar-refractivity contribution in [3.63, 3.8) is 0 Å². The summed E-state index contributed by atoms with van der Waals surface area (Å²) in [4.78, 5) is 34.2. The van der Waals surface area contributed by atoms with Crippen molar-refractivity contribution < 1.29 is 24.0 Å². The molecule has 2 N–H and O–H groups in total. The molecule has 0 aliphatic heterocycles. The fraction of sp³-hybridized carbons (Fsp3) is 0.176. The molecule has 0 bridgehead atoms. The third-order valence-electron chi connectivity index (χ3n) is 3.47. The topological polar surface area (TPSA) is 120 Å². The number of carbonyl (C=O) groups is 2. The molecule has 0 heterocycles. The standard InChI is InChI=1S/C17H17N3O6/c1-11-14(7-4-8-15(11)20(23)24)17(22)19-18-16(21)10-26-13-6-3-5-12(9-13)25-2/h3-9H,10H2,1-2H3,(H,18,21)(H,19,22). The molecule has 136 valence electrons. The Morgan fingerprint density at radius 2 is 1.81 bits per heavy atom. The van der Waals surface area contributed by atoms with Crippen LogP contribution in [0.1, 0.15) is 15.9 Å². The quantitative estimate of drug-likeness (QED) is 0.599. The van der Waals surface area contributed by atoms with E-state index in [1.165, 1.54) is 32.2 Å². The third-order valence-corrected chi connectivity index (χ3v) is 3.47. The average Bonchev–Trinajstić information content (AvgIpc) is 2.64. The van der Waals surface area contributed by atoms with E-state index in [0.717, 1.165) is 0 Å². The summed E-state index contributed by atoms with van der Waals surface area (Å²) in [5.74, 6) is -0.247. The number of nitrogens with one attached hydrogen (secondary N) is 2. The van der Waals surface area contributed by atoms with Gasteiger partial charge >= 0.3 is 0 Å². The molecule has 0 saturated carbocycles. The van der Waals surface area contributed by atoms with Crippen molar-refractivity contribution in [2.75, 3.05) is 13.7 Å². The van der Waals surface area contributed by atoms with Gasteiger partial charge in [-0.15, -0.1) is 0 Å². The second-order valence-corrected chi connectivity index (χ2v) is 5.18. The lowest BCUT2D eigenvalue weighted by molar-refractivity contribution is -0.385. The molecular weight excluding hydrogens is 342 g/mol. The summed E-state index contributed by atoms with van der Waals surface area (Å²) >= 11 is 0. The summed E-state index contributed by atoms with van der Waals surface area (Å²) < 4.78 is 10.3. The van der Waals surface area contributed by atoms with Gasteiger partial charge in [0.25, 0.3) is 17.5 Å². The highest BCUT2D eigenvalue weighted by atomic mass is 16.6. The van der Waals surface area contributed by atoms with Crippen molar-refractivity contribution in [1.82, 2.24) is 10.9 Å². The fourth-order valence-electron chi connectivity index (χ4n) is 2.14. The summed E-state index contributed by atoms with van der Waals surface area (Å²) in [6, 6.07) is 10.8. The summed E-state index contributed by atoms with van der Waals surface area (Å²) in [6.07, 6.45) is 0. The smallest absolute Gasteiger partial charge is 0.276 e. The number of benzene rings is 2. The fourth-order valence-corrected chi connectivity index (χ4v) is 2.14. The van der Waals surface area contributed by atoms with Crippen molar-refractivity contribution in [2.45, 2.75) is 6.92 Å². The first-order valence-corrected chi connectivity index (χ1v) is 7.52. The molecule has 0 aliphatic carbocycles. The maximum atomic E-state index is 12.1. The molecule has 0 aromatic heterocycles. The predicted molar refractivity (Wildman–Crippen MR) is 91.9 cm³/mol. The second-order valence-electron chi connectivity index (χ2n) is 5.18. The highest BCUT2D eigenvalue weighted by Gasteiger charge is 2.18. The molecule has 2 aromatic carbocycles. The van der Waals surface area contributed by atoms with Crippen LogP contribution in [0.5, 0.6) is 11.5 Å². The summed E-state index contributed by atoms with van der Waals surface area (Å²) in [5.41, 5.74) is 4.51. The number of hydrogen-bond acceptors (Lipinski definition) is 6. The van der Waals surface area contributed by atoms with Crippen molar-refractivity contribution in [1.29, 1.82) is 0 Å². The summed E-state index contributed by atoms with van der Waals surface area (Å²) in [5, 5.41) is 10.9. The summed E-state index contributed by atoms with van der Waals surface area (Å²) in [7, 11) is 1.51. The van der Waals surface area contributed by atoms with Gasteiger partial charge in [0.15, 0.2) is 6.61 Å². The highest BCUT2D eigenvalue weighted by molar-refractivity contribution is 5.97. The molecule has 9 nitrogen and oxygen atoms in total. The van der Waals surface area contributed by atoms with E-state index in [0.29, 0.717) is 11.5 Å². The van der Waals surface area contributed by atoms with Crippen molar-refractivity contribution in [3.05, 3.63) is 63.7 Å². The number of hydrogen-bond donors (Lipinski definition) is 2. The number of nitro groups is 1. The number of ether oxygens (including phenoxy) is 2. The van der Waals surface area contributed by atoms with Gasteiger partial charge in [-0.3, -0.25) is 30.6 Å². The Kier molecular flexibility index (Phi) is 6.10. The second kappa shape index (κ2) is 8.47. The van der Waals surface area contributed by atoms with Gasteiger partial charge in [0.05, 0.1) is 17.6 Å². The van der Waals surface area contributed by atoms with Gasteiger partial charge in [0.2, 0.25) is 0 Å². The molecule has 0 unspecified atom stereocenters. The van der Waals surface area contributed by atoms with Crippen molar-refractivity contribution in [3.8, 4) is 11.5 Å². The van der Waals surface area contributed by atoms with Crippen LogP contribution in [0, 0.1) is 17.0 Å². The van der Waals surface area contributed by atoms with Gasteiger partial charge in [-0.1, -0.05) is 12.1 Å². The Morgan fingerprint density at radius 1 is 1.12 bits per heavy atom. The van der Waals surface area contributed by atoms with E-state index in [1.807, 2.05) is 0 Å². The largest absolute Gasteiger partial charge is 0.497 e. The Labute approximate surface area is 149 Å². The van der Waals surface area contributed by atoms with Crippen LogP contribution < -0.4 is 20.3 Å². The lowest BCUT2D eigenvalue weighted by Gasteiger charge is -2.10. The van der Waals surface area contributed by atoms with E-state index in [4.69, 9.17) is 9.47 Å². The lowest BCUT2D eigenvalue weighted by atomic mass is 10.1. The zero-order valence-electron chi connectivity index (χ0n) is 14.1. The minimum atomic E-state index is -0.666. The molecule has 2 amide bonds. The lowest BCUT2D eigenvalue weighted by Crippen LogP contribution is -2.44. The molecule has 2 rings (SSSR count). The van der Waals surface area contributed by atoms with Gasteiger partial charge in [0, 0.05) is 17.7 Å². The molecule has 2 aromatic rings. The molecule has 0 saturated heterocycles. The first-order valence-electron chi connectivity index (χ1n) is 7.52. The number of carbonyl (C=O) groups excluding carboxylic acids is 2. The van der Waals surface area contributed by atoms with Crippen LogP contribution in [0.15, 0.2) is 42.5 Å². The predicted octanol–water partition coefficient (Wildman–Crippen LogP) is 1.75. The molecule has 0 fully saturated rings. The minimum absolute atomic E-state index is 0.0909. The minimum Gasteiger partial charge on any atom is -0.497 e. The van der Waals surface area contributed by atoms with Gasteiger partial charge in [-0.2, -0.15) is 0 Å². The van der Waals surface area contributed by atoms with Gasteiger partial charge in [-0.05, 0) is 25.1 Å². The summed E-state index contributed by atoms with van der Waals surface area (Å²) in [6.45, 7) is 1.13. The van der Waals surface area contributed by atoms with E-state index in [-0.39, 0.29) is 23.4 Å². The van der Waals surface area contributed by atoms with E-state index < -0.39 is 16.7 Å². The van der Waals surface area contributed by atoms with Crippen molar-refractivity contribution in [2.24, 2.45) is 0 Å². The van der Waals surface area contributed by atoms with Crippen LogP contribution in [-0.2, 0) is 4.79 Å². The van der Waals surface area contributed by atoms with Gasteiger partial charge < -0.3 is 9.47 Å². The molecule has 0 spiro atoms. The van der Waals surface area contributed by atoms with E-state index in [2.05, 4.69) is 10.9 Å². The Bertz CT molecular complexity index is 837. The van der Waals surface area contributed by atoms with E-state index >= 15 is 0 Å². The van der Waals surface area contributed by atoms with Crippen LogP contribution in [-0.4, -0.2) is 30.5 Å². The molecule has 0 atom stereocenters. The Hall–Kier alpha value is -3.62. The normalized spacial score (nSPS) is 9.92. The van der Waals surface area contributed by atoms with E-state index in [1.54, 1.807) is 24.3 Å². The third kappa shape index (κ3) is 4.69. The van der Waals surface area contributed by atoms with Crippen LogP contribution >= 0.6 is 0 Å². The SMILES string of the molecule is COc1cccc(OCC(=O)NNC(=O)c2cccc([N+](=O)[O-])c2C)c1. The zero-order chi connectivity index (χ0) is 19.1. The number of methoxy groups -OCH3 is 1. The molecule has 0 radical (unpaired) electrons. The van der Waals surface area contributed by atoms with E-state index in [9.17, 15) is 19.7 Å². The van der Waals surface area contributed by atoms with Crippen LogP contribution in [0.3, 0.4) is 0 Å². The monoisotopic (exact) mass is 359 g/mol. The molecule has 26 heavy (non-hydrogen) atoms. The first kappa shape index (κ1) is 18.7. The zero-order valence-corrected chi connectivity index (χ0v) is 14.1. The molecule has 9 heteroatoms. The van der Waals surface area contributed by atoms with Crippen LogP contribution in [0.4, 0.5) is 5.69 Å². The number of rotatable bonds is 6. The van der Waals surface area contributed by atoms with Crippen molar-refractivity contribution >= 4 is 17.5 Å². The Balaban J connectivity index is 1.90. The number of amides is 2.